The molecule has 0 radical (unpaired) electrons. The summed E-state index contributed by atoms with van der Waals surface area (Å²) in [4.78, 5) is 4.05. The molecular formula is C17H14N8O2S. The van der Waals surface area contributed by atoms with Crippen LogP contribution in [0.15, 0.2) is 35.4 Å². The van der Waals surface area contributed by atoms with E-state index < -0.39 is 10.0 Å². The molecule has 1 aliphatic carbocycles. The number of nitrogens with zero attached hydrogens (tertiary/aromatic N) is 5. The van der Waals surface area contributed by atoms with Gasteiger partial charge in [-0.05, 0) is 31.0 Å². The van der Waals surface area contributed by atoms with Crippen molar-refractivity contribution in [3.8, 4) is 12.1 Å². The average Bonchev–Trinajstić information content (AvgIpc) is 3.37. The maximum absolute atomic E-state index is 11.7. The highest BCUT2D eigenvalue weighted by Crippen LogP contribution is 2.29. The van der Waals surface area contributed by atoms with E-state index in [4.69, 9.17) is 10.4 Å². The van der Waals surface area contributed by atoms with Crippen LogP contribution in [-0.4, -0.2) is 29.1 Å². The van der Waals surface area contributed by atoms with Crippen molar-refractivity contribution in [2.45, 2.75) is 23.8 Å². The fourth-order valence-corrected chi connectivity index (χ4v) is 3.29. The van der Waals surface area contributed by atoms with E-state index in [0.29, 0.717) is 28.9 Å². The van der Waals surface area contributed by atoms with Gasteiger partial charge in [0.25, 0.3) is 0 Å². The van der Waals surface area contributed by atoms with Gasteiger partial charge in [-0.1, -0.05) is 0 Å². The van der Waals surface area contributed by atoms with E-state index in [1.54, 1.807) is 6.07 Å². The number of hydrogen-bond donors (Lipinski definition) is 3. The lowest BCUT2D eigenvalue weighted by Gasteiger charge is -2.12. The lowest BCUT2D eigenvalue weighted by Crippen LogP contribution is -2.13. The molecule has 0 aliphatic heterocycles. The Hall–Kier alpha value is -3.67. The van der Waals surface area contributed by atoms with Gasteiger partial charge >= 0.3 is 0 Å². The van der Waals surface area contributed by atoms with E-state index in [1.807, 2.05) is 12.1 Å². The maximum atomic E-state index is 11.7. The Bertz CT molecular complexity index is 1280. The zero-order valence-corrected chi connectivity index (χ0v) is 15.2. The predicted octanol–water partition coefficient (Wildman–Crippen LogP) is 1.44. The van der Waals surface area contributed by atoms with Crippen LogP contribution in [0.5, 0.6) is 0 Å². The molecule has 4 rings (SSSR count). The largest absolute Gasteiger partial charge is 0.379 e. The van der Waals surface area contributed by atoms with Crippen molar-refractivity contribution < 1.29 is 8.42 Å². The molecular weight excluding hydrogens is 380 g/mol. The molecule has 0 unspecified atom stereocenters. The van der Waals surface area contributed by atoms with Crippen LogP contribution in [0, 0.1) is 22.7 Å². The lowest BCUT2D eigenvalue weighted by molar-refractivity contribution is 0.598. The van der Waals surface area contributed by atoms with Crippen LogP contribution in [0.4, 0.5) is 17.2 Å². The van der Waals surface area contributed by atoms with Gasteiger partial charge in [-0.15, -0.1) is 5.10 Å². The van der Waals surface area contributed by atoms with Gasteiger partial charge in [0.15, 0.2) is 17.2 Å². The van der Waals surface area contributed by atoms with Crippen molar-refractivity contribution in [1.29, 1.82) is 10.5 Å². The molecule has 28 heavy (non-hydrogen) atoms. The van der Waals surface area contributed by atoms with Gasteiger partial charge in [0.2, 0.25) is 10.0 Å². The third-order valence-corrected chi connectivity index (χ3v) is 5.05. The molecule has 3 aromatic rings. The molecule has 0 saturated heterocycles. The maximum Gasteiger partial charge on any atom is 0.238 e. The zero-order chi connectivity index (χ0) is 19.9. The Kier molecular flexibility index (Phi) is 4.11. The van der Waals surface area contributed by atoms with Crippen LogP contribution in [0.3, 0.4) is 0 Å². The highest BCUT2D eigenvalue weighted by molar-refractivity contribution is 7.89. The number of aromatic nitrogens is 3. The van der Waals surface area contributed by atoms with Gasteiger partial charge in [0.05, 0.1) is 28.4 Å². The number of nitrogens with two attached hydrogens (primary N) is 1. The van der Waals surface area contributed by atoms with Crippen LogP contribution < -0.4 is 15.8 Å². The minimum atomic E-state index is -3.98. The molecule has 4 N–H and O–H groups in total. The van der Waals surface area contributed by atoms with Gasteiger partial charge in [-0.2, -0.15) is 15.0 Å². The second kappa shape index (κ2) is 6.49. The number of rotatable bonds is 5. The molecule has 140 valence electrons. The first-order valence-electron chi connectivity index (χ1n) is 8.28. The minimum absolute atomic E-state index is 0.131. The fourth-order valence-electron chi connectivity index (χ4n) is 2.71. The van der Waals surface area contributed by atoms with E-state index in [9.17, 15) is 13.7 Å². The Morgan fingerprint density at radius 3 is 2.61 bits per heavy atom. The molecule has 0 atom stereocenters. The quantitative estimate of drug-likeness (QED) is 0.585. The van der Waals surface area contributed by atoms with Crippen LogP contribution >= 0.6 is 0 Å². The first-order valence-corrected chi connectivity index (χ1v) is 9.82. The molecule has 1 aliphatic rings. The molecule has 1 saturated carbocycles. The van der Waals surface area contributed by atoms with Gasteiger partial charge in [-0.3, -0.25) is 0 Å². The van der Waals surface area contributed by atoms with Gasteiger partial charge < -0.3 is 10.6 Å². The van der Waals surface area contributed by atoms with E-state index in [2.05, 4.69) is 20.7 Å². The summed E-state index contributed by atoms with van der Waals surface area (Å²) in [7, 11) is -3.98. The standard InChI is InChI=1S/C17H14N8O2S/c18-7-10-3-12(5-14(4-10)28(20,26)27)23-16-6-15(22-11-1-2-11)17-21-9-13(8-19)25(17)24-16/h3-6,9,11,22H,1-2H2,(H,23,24)(H2,20,26,27). The normalized spacial score (nSPS) is 13.7. The summed E-state index contributed by atoms with van der Waals surface area (Å²) in [5.41, 5.74) is 1.93. The van der Waals surface area contributed by atoms with Gasteiger partial charge in [-0.25, -0.2) is 18.5 Å². The minimum Gasteiger partial charge on any atom is -0.379 e. The molecule has 2 heterocycles. The molecule has 0 spiro atoms. The molecule has 0 amide bonds. The molecule has 2 aromatic heterocycles. The number of nitriles is 2. The van der Waals surface area contributed by atoms with E-state index in [-0.39, 0.29) is 16.2 Å². The topological polar surface area (TPSA) is 162 Å². The SMILES string of the molecule is N#Cc1cc(Nc2cc(NC3CC3)c3ncc(C#N)n3n2)cc(S(N)(=O)=O)c1. The monoisotopic (exact) mass is 394 g/mol. The van der Waals surface area contributed by atoms with Crippen molar-refractivity contribution in [3.63, 3.8) is 0 Å². The third-order valence-electron chi connectivity index (χ3n) is 4.16. The average molecular weight is 394 g/mol. The van der Waals surface area contributed by atoms with Crippen molar-refractivity contribution in [2.24, 2.45) is 5.14 Å². The van der Waals surface area contributed by atoms with Crippen LogP contribution in [0.1, 0.15) is 24.1 Å². The first kappa shape index (κ1) is 17.7. The highest BCUT2D eigenvalue weighted by Gasteiger charge is 2.23. The summed E-state index contributed by atoms with van der Waals surface area (Å²) in [6.07, 6.45) is 3.52. The number of anilines is 3. The second-order valence-corrected chi connectivity index (χ2v) is 7.94. The fraction of sp³-hybridized carbons (Fsp3) is 0.176. The molecule has 0 bridgehead atoms. The Labute approximate surface area is 160 Å². The number of fused-ring (bicyclic) bond motifs is 1. The number of primary sulfonamides is 1. The van der Waals surface area contributed by atoms with Crippen molar-refractivity contribution in [3.05, 3.63) is 41.7 Å². The molecule has 1 aromatic carbocycles. The van der Waals surface area contributed by atoms with E-state index >= 15 is 0 Å². The van der Waals surface area contributed by atoms with E-state index in [1.165, 1.54) is 28.9 Å². The number of imidazole rings is 1. The summed E-state index contributed by atoms with van der Waals surface area (Å²) in [5.74, 6) is 0.348. The second-order valence-electron chi connectivity index (χ2n) is 6.38. The Morgan fingerprint density at radius 2 is 1.96 bits per heavy atom. The predicted molar refractivity (Wildman–Crippen MR) is 100 cm³/mol. The smallest absolute Gasteiger partial charge is 0.238 e. The molecule has 10 nitrogen and oxygen atoms in total. The van der Waals surface area contributed by atoms with E-state index in [0.717, 1.165) is 12.8 Å². The van der Waals surface area contributed by atoms with Crippen molar-refractivity contribution in [2.75, 3.05) is 10.6 Å². The first-order chi connectivity index (χ1) is 13.4. The Morgan fingerprint density at radius 1 is 1.18 bits per heavy atom. The van der Waals surface area contributed by atoms with Crippen LogP contribution in [0.2, 0.25) is 0 Å². The van der Waals surface area contributed by atoms with Crippen LogP contribution in [0.25, 0.3) is 5.65 Å². The summed E-state index contributed by atoms with van der Waals surface area (Å²) < 4.78 is 24.8. The van der Waals surface area contributed by atoms with Crippen molar-refractivity contribution >= 4 is 32.9 Å². The number of benzene rings is 1. The highest BCUT2D eigenvalue weighted by atomic mass is 32.2. The summed E-state index contributed by atoms with van der Waals surface area (Å²) >= 11 is 0. The number of nitrogens with one attached hydrogen (secondary N) is 2. The number of sulfonamides is 1. The molecule has 1 fully saturated rings. The third kappa shape index (κ3) is 3.44. The zero-order valence-electron chi connectivity index (χ0n) is 14.4. The Balaban J connectivity index is 1.79. The summed E-state index contributed by atoms with van der Waals surface area (Å²) in [6.45, 7) is 0. The summed E-state index contributed by atoms with van der Waals surface area (Å²) in [6, 6.07) is 9.99. The van der Waals surface area contributed by atoms with Crippen LogP contribution in [-0.2, 0) is 10.0 Å². The summed E-state index contributed by atoms with van der Waals surface area (Å²) in [5, 5.41) is 34.3. The van der Waals surface area contributed by atoms with Crippen molar-refractivity contribution in [1.82, 2.24) is 14.6 Å². The molecule has 11 heteroatoms. The lowest BCUT2D eigenvalue weighted by atomic mass is 10.2. The number of hydrogen-bond acceptors (Lipinski definition) is 8. The van der Waals surface area contributed by atoms with Gasteiger partial charge in [0, 0.05) is 17.8 Å². The van der Waals surface area contributed by atoms with Gasteiger partial charge in [0.1, 0.15) is 6.07 Å².